The standard InChI is InChI=1S/C23H33N5O/c1-17-16-20(28-14-6-5-7-15-28)27-22(26-17)25-13-12-24-21(29)18-8-10-19(11-9-18)23(2,3)4/h8-11,16H,5-7,12-15H2,1-4H3,(H,24,29)(H,25,26,27). The van der Waals surface area contributed by atoms with Crippen molar-refractivity contribution in [2.45, 2.75) is 52.4 Å². The molecule has 0 spiro atoms. The summed E-state index contributed by atoms with van der Waals surface area (Å²) in [6.45, 7) is 11.7. The van der Waals surface area contributed by atoms with Crippen molar-refractivity contribution < 1.29 is 4.79 Å². The first kappa shape index (κ1) is 21.1. The van der Waals surface area contributed by atoms with Crippen molar-refractivity contribution in [3.8, 4) is 0 Å². The van der Waals surface area contributed by atoms with Crippen LogP contribution in [0.3, 0.4) is 0 Å². The predicted molar refractivity (Wildman–Crippen MR) is 119 cm³/mol. The van der Waals surface area contributed by atoms with Crippen molar-refractivity contribution in [2.75, 3.05) is 36.4 Å². The fraction of sp³-hybridized carbons (Fsp3) is 0.522. The summed E-state index contributed by atoms with van der Waals surface area (Å²) in [6, 6.07) is 9.86. The van der Waals surface area contributed by atoms with Crippen molar-refractivity contribution in [3.63, 3.8) is 0 Å². The molecule has 0 saturated carbocycles. The number of anilines is 2. The van der Waals surface area contributed by atoms with Crippen LogP contribution < -0.4 is 15.5 Å². The monoisotopic (exact) mass is 395 g/mol. The van der Waals surface area contributed by atoms with Gasteiger partial charge in [-0.25, -0.2) is 4.98 Å². The minimum Gasteiger partial charge on any atom is -0.356 e. The Bertz CT molecular complexity index is 820. The molecule has 2 aromatic rings. The Labute approximate surface area is 174 Å². The van der Waals surface area contributed by atoms with Crippen molar-refractivity contribution in [1.82, 2.24) is 15.3 Å². The van der Waals surface area contributed by atoms with E-state index in [0.29, 0.717) is 24.6 Å². The Morgan fingerprint density at radius 1 is 1.03 bits per heavy atom. The average Bonchev–Trinajstić information content (AvgIpc) is 2.71. The first-order valence-electron chi connectivity index (χ1n) is 10.6. The van der Waals surface area contributed by atoms with Crippen LogP contribution in [0.4, 0.5) is 11.8 Å². The highest BCUT2D eigenvalue weighted by molar-refractivity contribution is 5.94. The number of benzene rings is 1. The van der Waals surface area contributed by atoms with Crippen molar-refractivity contribution in [2.24, 2.45) is 0 Å². The quantitative estimate of drug-likeness (QED) is 0.726. The molecular formula is C23H33N5O. The Hall–Kier alpha value is -2.63. The second-order valence-electron chi connectivity index (χ2n) is 8.75. The van der Waals surface area contributed by atoms with E-state index in [0.717, 1.165) is 24.6 Å². The van der Waals surface area contributed by atoms with Gasteiger partial charge in [-0.2, -0.15) is 4.98 Å². The first-order chi connectivity index (χ1) is 13.8. The smallest absolute Gasteiger partial charge is 0.251 e. The van der Waals surface area contributed by atoms with E-state index in [2.05, 4.69) is 46.3 Å². The van der Waals surface area contributed by atoms with Gasteiger partial charge in [0, 0.05) is 43.5 Å². The minimum absolute atomic E-state index is 0.0635. The Balaban J connectivity index is 1.50. The van der Waals surface area contributed by atoms with Crippen molar-refractivity contribution in [1.29, 1.82) is 0 Å². The molecule has 1 aromatic carbocycles. The van der Waals surface area contributed by atoms with E-state index in [-0.39, 0.29) is 11.3 Å². The first-order valence-corrected chi connectivity index (χ1v) is 10.6. The summed E-state index contributed by atoms with van der Waals surface area (Å²) in [5, 5.41) is 6.19. The average molecular weight is 396 g/mol. The molecule has 156 valence electrons. The van der Waals surface area contributed by atoms with Crippen molar-refractivity contribution in [3.05, 3.63) is 47.2 Å². The van der Waals surface area contributed by atoms with Gasteiger partial charge in [-0.15, -0.1) is 0 Å². The molecule has 1 aliphatic heterocycles. The van der Waals surface area contributed by atoms with E-state index < -0.39 is 0 Å². The van der Waals surface area contributed by atoms with Crippen LogP contribution in [0.2, 0.25) is 0 Å². The number of hydrogen-bond donors (Lipinski definition) is 2. The molecule has 2 N–H and O–H groups in total. The molecule has 0 unspecified atom stereocenters. The Morgan fingerprint density at radius 3 is 2.38 bits per heavy atom. The van der Waals surface area contributed by atoms with Gasteiger partial charge in [-0.1, -0.05) is 32.9 Å². The third-order valence-electron chi connectivity index (χ3n) is 5.23. The number of nitrogens with zero attached hydrogens (tertiary/aromatic N) is 3. The fourth-order valence-electron chi connectivity index (χ4n) is 3.49. The zero-order valence-electron chi connectivity index (χ0n) is 18.1. The third-order valence-corrected chi connectivity index (χ3v) is 5.23. The summed E-state index contributed by atoms with van der Waals surface area (Å²) in [7, 11) is 0. The van der Waals surface area contributed by atoms with Gasteiger partial charge in [0.2, 0.25) is 5.95 Å². The molecular weight excluding hydrogens is 362 g/mol. The lowest BCUT2D eigenvalue weighted by atomic mass is 9.87. The van der Waals surface area contributed by atoms with E-state index in [4.69, 9.17) is 0 Å². The van der Waals surface area contributed by atoms with Gasteiger partial charge in [0.15, 0.2) is 0 Å². The molecule has 1 aliphatic rings. The number of aromatic nitrogens is 2. The Morgan fingerprint density at radius 2 is 1.72 bits per heavy atom. The van der Waals surface area contributed by atoms with Gasteiger partial charge in [-0.3, -0.25) is 4.79 Å². The number of carbonyl (C=O) groups excluding carboxylic acids is 1. The molecule has 0 aliphatic carbocycles. The normalized spacial score (nSPS) is 14.6. The molecule has 29 heavy (non-hydrogen) atoms. The molecule has 6 nitrogen and oxygen atoms in total. The topological polar surface area (TPSA) is 70.2 Å². The maximum atomic E-state index is 12.4. The maximum absolute atomic E-state index is 12.4. The summed E-state index contributed by atoms with van der Waals surface area (Å²) in [6.07, 6.45) is 3.73. The lowest BCUT2D eigenvalue weighted by Crippen LogP contribution is -2.31. The summed E-state index contributed by atoms with van der Waals surface area (Å²) < 4.78 is 0. The number of piperidine rings is 1. The highest BCUT2D eigenvalue weighted by atomic mass is 16.1. The summed E-state index contributed by atoms with van der Waals surface area (Å²) in [5.74, 6) is 1.54. The number of carbonyl (C=O) groups is 1. The number of aryl methyl sites for hydroxylation is 1. The minimum atomic E-state index is -0.0635. The lowest BCUT2D eigenvalue weighted by molar-refractivity contribution is 0.0955. The number of nitrogens with one attached hydrogen (secondary N) is 2. The van der Waals surface area contributed by atoms with Gasteiger partial charge in [0.25, 0.3) is 5.91 Å². The predicted octanol–water partition coefficient (Wildman–Crippen LogP) is 3.91. The molecule has 2 heterocycles. The van der Waals surface area contributed by atoms with Crippen LogP contribution in [0, 0.1) is 6.92 Å². The fourth-order valence-corrected chi connectivity index (χ4v) is 3.49. The van der Waals surface area contributed by atoms with Gasteiger partial charge in [0.05, 0.1) is 0 Å². The highest BCUT2D eigenvalue weighted by Crippen LogP contribution is 2.22. The van der Waals surface area contributed by atoms with Gasteiger partial charge in [-0.05, 0) is 49.3 Å². The zero-order chi connectivity index (χ0) is 20.9. The van der Waals surface area contributed by atoms with Crippen LogP contribution >= 0.6 is 0 Å². The molecule has 1 aromatic heterocycles. The van der Waals surface area contributed by atoms with E-state index in [1.165, 1.54) is 24.8 Å². The highest BCUT2D eigenvalue weighted by Gasteiger charge is 2.15. The zero-order valence-corrected chi connectivity index (χ0v) is 18.1. The second-order valence-corrected chi connectivity index (χ2v) is 8.75. The van der Waals surface area contributed by atoms with E-state index in [1.54, 1.807) is 0 Å². The number of hydrogen-bond acceptors (Lipinski definition) is 5. The van der Waals surface area contributed by atoms with E-state index in [9.17, 15) is 4.79 Å². The van der Waals surface area contributed by atoms with Gasteiger partial charge >= 0.3 is 0 Å². The van der Waals surface area contributed by atoms with E-state index in [1.807, 2.05) is 37.3 Å². The number of rotatable bonds is 6. The lowest BCUT2D eigenvalue weighted by Gasteiger charge is -2.28. The van der Waals surface area contributed by atoms with Gasteiger partial charge in [0.1, 0.15) is 5.82 Å². The van der Waals surface area contributed by atoms with Crippen LogP contribution in [-0.4, -0.2) is 42.1 Å². The molecule has 0 bridgehead atoms. The van der Waals surface area contributed by atoms with Crippen LogP contribution in [0.15, 0.2) is 30.3 Å². The molecule has 1 amide bonds. The summed E-state index contributed by atoms with van der Waals surface area (Å²) in [5.41, 5.74) is 2.93. The molecule has 0 atom stereocenters. The third kappa shape index (κ3) is 5.92. The summed E-state index contributed by atoms with van der Waals surface area (Å²) in [4.78, 5) is 23.8. The molecule has 0 radical (unpaired) electrons. The maximum Gasteiger partial charge on any atom is 0.251 e. The van der Waals surface area contributed by atoms with Crippen LogP contribution in [0.1, 0.15) is 61.6 Å². The molecule has 3 rings (SSSR count). The van der Waals surface area contributed by atoms with Crippen LogP contribution in [0.5, 0.6) is 0 Å². The summed E-state index contributed by atoms with van der Waals surface area (Å²) >= 11 is 0. The van der Waals surface area contributed by atoms with Crippen LogP contribution in [-0.2, 0) is 5.41 Å². The molecule has 1 saturated heterocycles. The van der Waals surface area contributed by atoms with Gasteiger partial charge < -0.3 is 15.5 Å². The number of amides is 1. The SMILES string of the molecule is Cc1cc(N2CCCCC2)nc(NCCNC(=O)c2ccc(C(C)(C)C)cc2)n1. The molecule has 1 fully saturated rings. The second kappa shape index (κ2) is 9.25. The van der Waals surface area contributed by atoms with E-state index >= 15 is 0 Å². The van der Waals surface area contributed by atoms with Crippen LogP contribution in [0.25, 0.3) is 0 Å². The van der Waals surface area contributed by atoms with Crippen molar-refractivity contribution >= 4 is 17.7 Å². The largest absolute Gasteiger partial charge is 0.356 e. The Kier molecular flexibility index (Phi) is 6.72. The molecule has 6 heteroatoms.